The highest BCUT2D eigenvalue weighted by molar-refractivity contribution is 6.31. The van der Waals surface area contributed by atoms with Crippen LogP contribution >= 0.6 is 11.6 Å². The fourth-order valence-electron chi connectivity index (χ4n) is 4.14. The van der Waals surface area contributed by atoms with Gasteiger partial charge in [0.15, 0.2) is 0 Å². The molecule has 5 rings (SSSR count). The van der Waals surface area contributed by atoms with Crippen molar-refractivity contribution >= 4 is 45.1 Å². The number of pyridine rings is 2. The van der Waals surface area contributed by atoms with Gasteiger partial charge in [-0.3, -0.25) is 4.79 Å². The van der Waals surface area contributed by atoms with Gasteiger partial charge in [-0.1, -0.05) is 35.9 Å². The van der Waals surface area contributed by atoms with Crippen LogP contribution in [-0.2, 0) is 11.2 Å². The van der Waals surface area contributed by atoms with E-state index in [4.69, 9.17) is 16.6 Å². The number of H-pyrrole nitrogens is 1. The van der Waals surface area contributed by atoms with E-state index in [1.807, 2.05) is 61.5 Å². The summed E-state index contributed by atoms with van der Waals surface area (Å²) in [7, 11) is 0. The first-order chi connectivity index (χ1) is 16.1. The lowest BCUT2D eigenvalue weighted by Crippen LogP contribution is -2.12. The lowest BCUT2D eigenvalue weighted by atomic mass is 10.0. The van der Waals surface area contributed by atoms with Crippen molar-refractivity contribution in [3.05, 3.63) is 89.1 Å². The van der Waals surface area contributed by atoms with E-state index >= 15 is 0 Å². The van der Waals surface area contributed by atoms with E-state index < -0.39 is 0 Å². The maximum absolute atomic E-state index is 12.5. The summed E-state index contributed by atoms with van der Waals surface area (Å²) < 4.78 is 0. The van der Waals surface area contributed by atoms with Crippen LogP contribution in [-0.4, -0.2) is 20.9 Å². The topological polar surface area (TPSA) is 70.7 Å². The lowest BCUT2D eigenvalue weighted by Gasteiger charge is -2.07. The summed E-state index contributed by atoms with van der Waals surface area (Å²) in [6, 6.07) is 21.8. The number of benzene rings is 2. The van der Waals surface area contributed by atoms with Crippen LogP contribution in [0.5, 0.6) is 0 Å². The summed E-state index contributed by atoms with van der Waals surface area (Å²) in [5.41, 5.74) is 5.99. The normalized spacial score (nSPS) is 11.2. The fourth-order valence-corrected chi connectivity index (χ4v) is 4.31. The second-order valence-corrected chi connectivity index (χ2v) is 8.61. The van der Waals surface area contributed by atoms with Gasteiger partial charge in [-0.2, -0.15) is 0 Å². The molecular formula is C27H23ClN4O. The Hall–Kier alpha value is -3.70. The quantitative estimate of drug-likeness (QED) is 0.300. The standard InChI is InChI=1S/C27H23ClN4O/c1-17-13-14-29-25(15-17)32-26(33)8-4-6-20-21-16-19(28)10-12-23(21)31-27(20)24-11-9-18-5-2-3-7-22(18)30-24/h2-3,5,7,9-16,31H,4,6,8H2,1H3,(H,29,32,33). The van der Waals surface area contributed by atoms with Crippen LogP contribution in [0.15, 0.2) is 72.9 Å². The number of carbonyl (C=O) groups excluding carboxylic acids is 1. The summed E-state index contributed by atoms with van der Waals surface area (Å²) >= 11 is 6.31. The molecule has 0 atom stereocenters. The van der Waals surface area contributed by atoms with Crippen molar-refractivity contribution in [2.45, 2.75) is 26.2 Å². The van der Waals surface area contributed by atoms with Crippen LogP contribution in [0.2, 0.25) is 5.02 Å². The van der Waals surface area contributed by atoms with Crippen molar-refractivity contribution < 1.29 is 4.79 Å². The predicted octanol–water partition coefficient (Wildman–Crippen LogP) is 6.70. The third-order valence-electron chi connectivity index (χ3n) is 5.74. The number of rotatable bonds is 6. The van der Waals surface area contributed by atoms with E-state index in [0.717, 1.165) is 50.7 Å². The summed E-state index contributed by atoms with van der Waals surface area (Å²) in [4.78, 5) is 25.1. The molecule has 0 saturated carbocycles. The molecule has 0 unspecified atom stereocenters. The predicted molar refractivity (Wildman–Crippen MR) is 135 cm³/mol. The zero-order valence-electron chi connectivity index (χ0n) is 18.2. The Kier molecular flexibility index (Phi) is 5.80. The Morgan fingerprint density at radius 3 is 2.82 bits per heavy atom. The molecule has 2 N–H and O–H groups in total. The number of aromatic nitrogens is 3. The van der Waals surface area contributed by atoms with E-state index in [0.29, 0.717) is 23.7 Å². The number of nitrogens with zero attached hydrogens (tertiary/aromatic N) is 2. The second kappa shape index (κ2) is 9.04. The molecule has 5 aromatic rings. The summed E-state index contributed by atoms with van der Waals surface area (Å²) in [6.07, 6.45) is 3.51. The Bertz CT molecular complexity index is 1470. The molecule has 0 radical (unpaired) electrons. The molecule has 0 spiro atoms. The maximum atomic E-state index is 12.5. The molecule has 0 aliphatic rings. The number of nitrogens with one attached hydrogen (secondary N) is 2. The second-order valence-electron chi connectivity index (χ2n) is 8.18. The zero-order chi connectivity index (χ0) is 22.8. The number of hydrogen-bond acceptors (Lipinski definition) is 3. The Balaban J connectivity index is 1.41. The van der Waals surface area contributed by atoms with Gasteiger partial charge in [-0.25, -0.2) is 9.97 Å². The number of aromatic amines is 1. The summed E-state index contributed by atoms with van der Waals surface area (Å²) in [6.45, 7) is 1.97. The van der Waals surface area contributed by atoms with Crippen molar-refractivity contribution in [3.8, 4) is 11.4 Å². The van der Waals surface area contributed by atoms with E-state index in [1.165, 1.54) is 0 Å². The van der Waals surface area contributed by atoms with E-state index in [1.54, 1.807) is 6.20 Å². The first kappa shape index (κ1) is 21.2. The smallest absolute Gasteiger partial charge is 0.225 e. The van der Waals surface area contributed by atoms with Crippen LogP contribution in [0.25, 0.3) is 33.2 Å². The highest BCUT2D eigenvalue weighted by atomic mass is 35.5. The largest absolute Gasteiger partial charge is 0.353 e. The van der Waals surface area contributed by atoms with E-state index in [-0.39, 0.29) is 5.91 Å². The van der Waals surface area contributed by atoms with Crippen molar-refractivity contribution in [3.63, 3.8) is 0 Å². The average Bonchev–Trinajstić information content (AvgIpc) is 3.16. The van der Waals surface area contributed by atoms with Gasteiger partial charge >= 0.3 is 0 Å². The molecule has 0 fully saturated rings. The molecule has 3 heterocycles. The number of hydrogen-bond donors (Lipinski definition) is 2. The number of amides is 1. The third-order valence-corrected chi connectivity index (χ3v) is 5.97. The van der Waals surface area contributed by atoms with Gasteiger partial charge < -0.3 is 10.3 Å². The SMILES string of the molecule is Cc1ccnc(NC(=O)CCCc2c(-c3ccc4ccccc4n3)[nH]c3ccc(Cl)cc23)c1. The summed E-state index contributed by atoms with van der Waals surface area (Å²) in [5.74, 6) is 0.538. The minimum Gasteiger partial charge on any atom is -0.353 e. The third kappa shape index (κ3) is 4.59. The molecule has 0 aliphatic heterocycles. The van der Waals surface area contributed by atoms with Gasteiger partial charge in [0.2, 0.25) is 5.91 Å². The number of carbonyl (C=O) groups is 1. The number of aryl methyl sites for hydroxylation is 2. The molecule has 1 amide bonds. The maximum Gasteiger partial charge on any atom is 0.225 e. The Morgan fingerprint density at radius 2 is 1.94 bits per heavy atom. The number of para-hydroxylation sites is 1. The molecule has 33 heavy (non-hydrogen) atoms. The van der Waals surface area contributed by atoms with Gasteiger partial charge in [-0.05, 0) is 73.4 Å². The van der Waals surface area contributed by atoms with Gasteiger partial charge in [0, 0.05) is 33.9 Å². The molecule has 5 nitrogen and oxygen atoms in total. The van der Waals surface area contributed by atoms with Gasteiger partial charge in [0.1, 0.15) is 5.82 Å². The van der Waals surface area contributed by atoms with Crippen molar-refractivity contribution in [2.24, 2.45) is 0 Å². The van der Waals surface area contributed by atoms with Crippen molar-refractivity contribution in [2.75, 3.05) is 5.32 Å². The van der Waals surface area contributed by atoms with E-state index in [2.05, 4.69) is 27.4 Å². The van der Waals surface area contributed by atoms with Gasteiger partial charge in [-0.15, -0.1) is 0 Å². The molecule has 3 aromatic heterocycles. The molecule has 0 bridgehead atoms. The molecule has 0 aliphatic carbocycles. The van der Waals surface area contributed by atoms with Gasteiger partial charge in [0.25, 0.3) is 0 Å². The van der Waals surface area contributed by atoms with Crippen molar-refractivity contribution in [1.29, 1.82) is 0 Å². The molecular weight excluding hydrogens is 432 g/mol. The molecule has 6 heteroatoms. The molecule has 0 saturated heterocycles. The van der Waals surface area contributed by atoms with Crippen LogP contribution in [0, 0.1) is 6.92 Å². The van der Waals surface area contributed by atoms with Gasteiger partial charge in [0.05, 0.1) is 16.9 Å². The number of anilines is 1. The average molecular weight is 455 g/mol. The van der Waals surface area contributed by atoms with E-state index in [9.17, 15) is 4.79 Å². The number of fused-ring (bicyclic) bond motifs is 2. The first-order valence-corrected chi connectivity index (χ1v) is 11.3. The highest BCUT2D eigenvalue weighted by Gasteiger charge is 2.16. The highest BCUT2D eigenvalue weighted by Crippen LogP contribution is 2.33. The Labute approximate surface area is 196 Å². The zero-order valence-corrected chi connectivity index (χ0v) is 19.0. The first-order valence-electron chi connectivity index (χ1n) is 11.0. The van der Waals surface area contributed by atoms with Crippen LogP contribution in [0.4, 0.5) is 5.82 Å². The molecule has 2 aromatic carbocycles. The van der Waals surface area contributed by atoms with Crippen molar-refractivity contribution in [1.82, 2.24) is 15.0 Å². The monoisotopic (exact) mass is 454 g/mol. The number of halogens is 1. The summed E-state index contributed by atoms with van der Waals surface area (Å²) in [5, 5.41) is 5.73. The van der Waals surface area contributed by atoms with Crippen LogP contribution < -0.4 is 5.32 Å². The van der Waals surface area contributed by atoms with Crippen LogP contribution in [0.1, 0.15) is 24.0 Å². The lowest BCUT2D eigenvalue weighted by molar-refractivity contribution is -0.116. The minimum atomic E-state index is -0.0450. The fraction of sp³-hybridized carbons (Fsp3) is 0.148. The minimum absolute atomic E-state index is 0.0450. The van der Waals surface area contributed by atoms with Crippen LogP contribution in [0.3, 0.4) is 0 Å². The molecule has 164 valence electrons. The Morgan fingerprint density at radius 1 is 1.06 bits per heavy atom.